The SMILES string of the molecule is c1ccc(-c2cc(-c3ccccc3)cc(-n3c4ccccc4c4cc(-c5cc6cc7c8ccccc8n(-c8ccccc8)c7cc6c6ccccc56)ccc43)c2)cc1. The fraction of sp³-hybridized carbons (Fsp3) is 0. The Balaban J connectivity index is 1.09. The van der Waals surface area contributed by atoms with E-state index in [9.17, 15) is 0 Å². The minimum Gasteiger partial charge on any atom is -0.309 e. The van der Waals surface area contributed by atoms with Crippen molar-refractivity contribution in [2.75, 3.05) is 0 Å². The average Bonchev–Trinajstić information content (AvgIpc) is 3.81. The van der Waals surface area contributed by atoms with Crippen molar-refractivity contribution < 1.29 is 0 Å². The van der Waals surface area contributed by atoms with Crippen LogP contribution < -0.4 is 0 Å². The maximum atomic E-state index is 2.45. The third-order valence-electron chi connectivity index (χ3n) is 12.0. The zero-order valence-corrected chi connectivity index (χ0v) is 31.7. The highest BCUT2D eigenvalue weighted by Crippen LogP contribution is 2.43. The van der Waals surface area contributed by atoms with E-state index in [1.807, 2.05) is 0 Å². The molecule has 0 fully saturated rings. The summed E-state index contributed by atoms with van der Waals surface area (Å²) >= 11 is 0. The Bertz CT molecular complexity index is 3480. The van der Waals surface area contributed by atoms with Crippen LogP contribution in [-0.4, -0.2) is 9.13 Å². The molecule has 0 bridgehead atoms. The molecule has 0 aliphatic carbocycles. The maximum Gasteiger partial charge on any atom is 0.0547 e. The zero-order chi connectivity index (χ0) is 38.2. The highest BCUT2D eigenvalue weighted by molar-refractivity contribution is 6.21. The molecule has 0 aliphatic heterocycles. The van der Waals surface area contributed by atoms with Crippen molar-refractivity contribution in [2.45, 2.75) is 0 Å². The number of rotatable bonds is 5. The molecular formula is C56H36N2. The number of para-hydroxylation sites is 3. The lowest BCUT2D eigenvalue weighted by Crippen LogP contribution is -1.96. The van der Waals surface area contributed by atoms with E-state index in [4.69, 9.17) is 0 Å². The lowest BCUT2D eigenvalue weighted by atomic mass is 9.92. The van der Waals surface area contributed by atoms with Gasteiger partial charge in [0.2, 0.25) is 0 Å². The fourth-order valence-electron chi connectivity index (χ4n) is 9.42. The van der Waals surface area contributed by atoms with Crippen LogP contribution in [0, 0.1) is 0 Å². The summed E-state index contributed by atoms with van der Waals surface area (Å²) in [6.07, 6.45) is 0. The summed E-state index contributed by atoms with van der Waals surface area (Å²) in [4.78, 5) is 0. The summed E-state index contributed by atoms with van der Waals surface area (Å²) in [5.41, 5.74) is 14.4. The molecular weight excluding hydrogens is 701 g/mol. The van der Waals surface area contributed by atoms with Crippen LogP contribution in [0.4, 0.5) is 0 Å². The van der Waals surface area contributed by atoms with Gasteiger partial charge in [-0.25, -0.2) is 0 Å². The van der Waals surface area contributed by atoms with E-state index >= 15 is 0 Å². The molecule has 12 aromatic rings. The van der Waals surface area contributed by atoms with E-state index in [-0.39, 0.29) is 0 Å². The van der Waals surface area contributed by atoms with Crippen molar-refractivity contribution >= 4 is 65.2 Å². The molecule has 0 N–H and O–H groups in total. The molecule has 0 unspecified atom stereocenters. The molecule has 2 nitrogen and oxygen atoms in total. The lowest BCUT2D eigenvalue weighted by molar-refractivity contribution is 1.18. The quantitative estimate of drug-likeness (QED) is 0.156. The molecule has 2 aromatic heterocycles. The van der Waals surface area contributed by atoms with Crippen LogP contribution in [0.1, 0.15) is 0 Å². The number of aromatic nitrogens is 2. The summed E-state index contributed by atoms with van der Waals surface area (Å²) in [5, 5.41) is 10.0. The Kier molecular flexibility index (Phi) is 7.26. The van der Waals surface area contributed by atoms with E-state index in [2.05, 4.69) is 228 Å². The molecule has 0 atom stereocenters. The first-order valence-corrected chi connectivity index (χ1v) is 20.0. The van der Waals surface area contributed by atoms with Crippen LogP contribution in [0.25, 0.3) is 110 Å². The second-order valence-corrected chi connectivity index (χ2v) is 15.3. The number of nitrogens with zero attached hydrogens (tertiary/aromatic N) is 2. The van der Waals surface area contributed by atoms with Crippen LogP contribution in [-0.2, 0) is 0 Å². The first-order valence-electron chi connectivity index (χ1n) is 20.0. The van der Waals surface area contributed by atoms with E-state index in [1.165, 1.54) is 104 Å². The van der Waals surface area contributed by atoms with Gasteiger partial charge in [0.15, 0.2) is 0 Å². The summed E-state index contributed by atoms with van der Waals surface area (Å²) < 4.78 is 4.86. The second kappa shape index (κ2) is 12.9. The van der Waals surface area contributed by atoms with Gasteiger partial charge >= 0.3 is 0 Å². The van der Waals surface area contributed by atoms with E-state index in [0.29, 0.717) is 0 Å². The predicted molar refractivity (Wildman–Crippen MR) is 246 cm³/mol. The standard InChI is InChI=1S/C56H36N2/c1-4-16-37(17-5-1)40-30-41(38-18-6-2-7-19-38)32-44(31-40)58-54-27-15-12-24-47(54)51-33-39(28-29-55(51)58)49-34-42-35-52-48-25-13-14-26-53(48)57(43-20-8-3-9-21-43)56(52)36-50(42)46-23-11-10-22-45(46)49/h1-36H. The minimum atomic E-state index is 1.15. The number of benzene rings is 10. The van der Waals surface area contributed by atoms with Gasteiger partial charge in [0.25, 0.3) is 0 Å². The number of hydrogen-bond acceptors (Lipinski definition) is 0. The smallest absolute Gasteiger partial charge is 0.0547 e. The normalized spacial score (nSPS) is 11.8. The molecule has 12 rings (SSSR count). The second-order valence-electron chi connectivity index (χ2n) is 15.3. The average molecular weight is 737 g/mol. The number of fused-ring (bicyclic) bond motifs is 9. The van der Waals surface area contributed by atoms with Gasteiger partial charge in [-0.05, 0) is 128 Å². The van der Waals surface area contributed by atoms with Gasteiger partial charge < -0.3 is 9.13 Å². The Morgan fingerprint density at radius 2 is 0.724 bits per heavy atom. The van der Waals surface area contributed by atoms with Gasteiger partial charge in [-0.3, -0.25) is 0 Å². The van der Waals surface area contributed by atoms with Gasteiger partial charge in [0, 0.05) is 32.9 Å². The van der Waals surface area contributed by atoms with Gasteiger partial charge in [0.1, 0.15) is 0 Å². The van der Waals surface area contributed by atoms with Crippen LogP contribution in [0.3, 0.4) is 0 Å². The van der Waals surface area contributed by atoms with Crippen molar-refractivity contribution in [1.82, 2.24) is 9.13 Å². The van der Waals surface area contributed by atoms with E-state index in [1.54, 1.807) is 0 Å². The van der Waals surface area contributed by atoms with Crippen LogP contribution in [0.5, 0.6) is 0 Å². The first kappa shape index (κ1) is 32.6. The van der Waals surface area contributed by atoms with Gasteiger partial charge in [-0.1, -0.05) is 146 Å². The Morgan fingerprint density at radius 1 is 0.224 bits per heavy atom. The molecule has 0 amide bonds. The van der Waals surface area contributed by atoms with Crippen molar-refractivity contribution in [3.05, 3.63) is 218 Å². The first-order chi connectivity index (χ1) is 28.8. The monoisotopic (exact) mass is 736 g/mol. The van der Waals surface area contributed by atoms with Crippen molar-refractivity contribution in [3.63, 3.8) is 0 Å². The Morgan fingerprint density at radius 3 is 1.36 bits per heavy atom. The summed E-state index contributed by atoms with van der Waals surface area (Å²) in [6, 6.07) is 80.1. The Hall–Kier alpha value is -7.68. The molecule has 270 valence electrons. The van der Waals surface area contributed by atoms with Gasteiger partial charge in [-0.15, -0.1) is 0 Å². The van der Waals surface area contributed by atoms with E-state index < -0.39 is 0 Å². The number of hydrogen-bond donors (Lipinski definition) is 0. The topological polar surface area (TPSA) is 9.86 Å². The Labute approximate surface area is 336 Å². The molecule has 0 saturated heterocycles. The highest BCUT2D eigenvalue weighted by Gasteiger charge is 2.19. The van der Waals surface area contributed by atoms with Crippen LogP contribution in [0.2, 0.25) is 0 Å². The summed E-state index contributed by atoms with van der Waals surface area (Å²) in [5.74, 6) is 0. The molecule has 10 aromatic carbocycles. The summed E-state index contributed by atoms with van der Waals surface area (Å²) in [7, 11) is 0. The summed E-state index contributed by atoms with van der Waals surface area (Å²) in [6.45, 7) is 0. The predicted octanol–water partition coefficient (Wildman–Crippen LogP) is 15.2. The zero-order valence-electron chi connectivity index (χ0n) is 31.7. The van der Waals surface area contributed by atoms with E-state index in [0.717, 1.165) is 5.69 Å². The van der Waals surface area contributed by atoms with Crippen molar-refractivity contribution in [3.8, 4) is 44.8 Å². The largest absolute Gasteiger partial charge is 0.309 e. The third-order valence-corrected chi connectivity index (χ3v) is 12.0. The van der Waals surface area contributed by atoms with Crippen molar-refractivity contribution in [1.29, 1.82) is 0 Å². The molecule has 0 radical (unpaired) electrons. The molecule has 0 saturated carbocycles. The molecule has 0 spiro atoms. The van der Waals surface area contributed by atoms with Crippen molar-refractivity contribution in [2.24, 2.45) is 0 Å². The molecule has 58 heavy (non-hydrogen) atoms. The third kappa shape index (κ3) is 5.05. The lowest BCUT2D eigenvalue weighted by Gasteiger charge is -2.15. The van der Waals surface area contributed by atoms with Crippen LogP contribution >= 0.6 is 0 Å². The minimum absolute atomic E-state index is 1.15. The highest BCUT2D eigenvalue weighted by atomic mass is 15.0. The molecule has 2 heteroatoms. The molecule has 2 heterocycles. The maximum absolute atomic E-state index is 2.45. The fourth-order valence-corrected chi connectivity index (χ4v) is 9.42. The molecule has 0 aliphatic rings. The van der Waals surface area contributed by atoms with Crippen LogP contribution in [0.15, 0.2) is 218 Å². The van der Waals surface area contributed by atoms with Gasteiger partial charge in [-0.2, -0.15) is 0 Å². The van der Waals surface area contributed by atoms with Gasteiger partial charge in [0.05, 0.1) is 22.1 Å².